The first-order valence-corrected chi connectivity index (χ1v) is 11.7. The Morgan fingerprint density at radius 3 is 2.10 bits per heavy atom. The van der Waals surface area contributed by atoms with Crippen molar-refractivity contribution in [1.29, 1.82) is 0 Å². The number of hydrogen-bond donors (Lipinski definition) is 1. The molecule has 2 aromatic rings. The molecule has 0 unspecified atom stereocenters. The van der Waals surface area contributed by atoms with Crippen molar-refractivity contribution in [3.05, 3.63) is 66.2 Å². The molecule has 2 aromatic carbocycles. The first kappa shape index (κ1) is 19.7. The van der Waals surface area contributed by atoms with E-state index in [2.05, 4.69) is 42.6 Å². The fourth-order valence-electron chi connectivity index (χ4n) is 7.08. The maximum atomic E-state index is 13.1. The molecule has 0 aliphatic heterocycles. The Labute approximate surface area is 180 Å². The summed E-state index contributed by atoms with van der Waals surface area (Å²) in [6.45, 7) is 3.52. The fourth-order valence-corrected chi connectivity index (χ4v) is 7.08. The van der Waals surface area contributed by atoms with Gasteiger partial charge in [0.1, 0.15) is 12.4 Å². The number of benzene rings is 2. The molecular formula is C27H33NO2. The number of rotatable bonds is 7. The molecule has 0 radical (unpaired) electrons. The third-order valence-corrected chi connectivity index (χ3v) is 8.49. The molecular weight excluding hydrogens is 370 g/mol. The van der Waals surface area contributed by atoms with Crippen molar-refractivity contribution in [1.82, 2.24) is 5.32 Å². The molecule has 0 atom stereocenters. The van der Waals surface area contributed by atoms with Gasteiger partial charge in [-0.2, -0.15) is 0 Å². The van der Waals surface area contributed by atoms with Crippen molar-refractivity contribution in [2.45, 2.75) is 44.4 Å². The van der Waals surface area contributed by atoms with Gasteiger partial charge in [-0.1, -0.05) is 55.5 Å². The molecule has 4 saturated carbocycles. The Morgan fingerprint density at radius 2 is 1.50 bits per heavy atom. The van der Waals surface area contributed by atoms with E-state index in [1.807, 2.05) is 30.3 Å². The minimum absolute atomic E-state index is 0.0127. The molecule has 4 bridgehead atoms. The first-order valence-electron chi connectivity index (χ1n) is 11.7. The smallest absolute Gasteiger partial charge is 0.221 e. The van der Waals surface area contributed by atoms with Crippen molar-refractivity contribution in [2.24, 2.45) is 29.6 Å². The molecule has 0 aromatic heterocycles. The summed E-state index contributed by atoms with van der Waals surface area (Å²) in [4.78, 5) is 13.1. The third-order valence-electron chi connectivity index (χ3n) is 8.49. The minimum Gasteiger partial charge on any atom is -0.492 e. The summed E-state index contributed by atoms with van der Waals surface area (Å²) in [5.74, 6) is 4.92. The molecule has 3 heteroatoms. The van der Waals surface area contributed by atoms with E-state index in [-0.39, 0.29) is 11.3 Å². The van der Waals surface area contributed by atoms with Crippen molar-refractivity contribution in [3.8, 4) is 5.75 Å². The summed E-state index contributed by atoms with van der Waals surface area (Å²) in [5.41, 5.74) is 1.40. The van der Waals surface area contributed by atoms with Crippen LogP contribution in [0.4, 0.5) is 0 Å². The number of amides is 1. The summed E-state index contributed by atoms with van der Waals surface area (Å²) < 4.78 is 5.75. The van der Waals surface area contributed by atoms with Gasteiger partial charge in [-0.3, -0.25) is 4.79 Å². The average Bonchev–Trinajstić information content (AvgIpc) is 2.77. The molecule has 0 heterocycles. The van der Waals surface area contributed by atoms with Gasteiger partial charge >= 0.3 is 0 Å². The average molecular weight is 404 g/mol. The van der Waals surface area contributed by atoms with Gasteiger partial charge in [-0.25, -0.2) is 0 Å². The summed E-state index contributed by atoms with van der Waals surface area (Å²) in [6.07, 6.45) is 5.81. The van der Waals surface area contributed by atoms with E-state index in [0.717, 1.165) is 23.5 Å². The van der Waals surface area contributed by atoms with Crippen LogP contribution in [0.2, 0.25) is 0 Å². The molecule has 4 aliphatic carbocycles. The van der Waals surface area contributed by atoms with E-state index in [4.69, 9.17) is 4.74 Å². The second-order valence-electron chi connectivity index (χ2n) is 9.81. The number of para-hydroxylation sites is 1. The Balaban J connectivity index is 1.29. The highest BCUT2D eigenvalue weighted by Crippen LogP contribution is 2.65. The molecule has 158 valence electrons. The van der Waals surface area contributed by atoms with E-state index in [9.17, 15) is 4.79 Å². The van der Waals surface area contributed by atoms with Gasteiger partial charge in [0.2, 0.25) is 5.91 Å². The van der Waals surface area contributed by atoms with Crippen molar-refractivity contribution >= 4 is 5.91 Å². The lowest BCUT2D eigenvalue weighted by molar-refractivity contribution is -0.133. The SMILES string of the molecule is CC1C2CC3CC1CC(C2)C3(CC(=O)NCCOc1ccccc1)c1ccccc1. The van der Waals surface area contributed by atoms with E-state index in [0.29, 0.717) is 31.4 Å². The van der Waals surface area contributed by atoms with Gasteiger partial charge in [-0.05, 0) is 73.0 Å². The molecule has 0 spiro atoms. The van der Waals surface area contributed by atoms with Crippen LogP contribution in [0.1, 0.15) is 44.6 Å². The van der Waals surface area contributed by atoms with Gasteiger partial charge in [0, 0.05) is 11.8 Å². The molecule has 0 saturated heterocycles. The number of carbonyl (C=O) groups excluding carboxylic acids is 1. The highest BCUT2D eigenvalue weighted by molar-refractivity contribution is 5.78. The topological polar surface area (TPSA) is 38.3 Å². The van der Waals surface area contributed by atoms with Crippen LogP contribution in [-0.2, 0) is 10.2 Å². The van der Waals surface area contributed by atoms with Crippen LogP contribution in [0.25, 0.3) is 0 Å². The van der Waals surface area contributed by atoms with Gasteiger partial charge in [-0.15, -0.1) is 0 Å². The third kappa shape index (κ3) is 3.42. The number of nitrogens with one attached hydrogen (secondary N) is 1. The monoisotopic (exact) mass is 403 g/mol. The van der Waals surface area contributed by atoms with Crippen molar-refractivity contribution in [2.75, 3.05) is 13.2 Å². The van der Waals surface area contributed by atoms with Crippen LogP contribution in [-0.4, -0.2) is 19.1 Å². The van der Waals surface area contributed by atoms with E-state index >= 15 is 0 Å². The van der Waals surface area contributed by atoms with Crippen LogP contribution >= 0.6 is 0 Å². The van der Waals surface area contributed by atoms with Gasteiger partial charge in [0.25, 0.3) is 0 Å². The molecule has 1 N–H and O–H groups in total. The summed E-state index contributed by atoms with van der Waals surface area (Å²) >= 11 is 0. The maximum absolute atomic E-state index is 13.1. The van der Waals surface area contributed by atoms with Gasteiger partial charge in [0.05, 0.1) is 6.54 Å². The Hall–Kier alpha value is -2.29. The molecule has 4 aliphatic rings. The normalized spacial score (nSPS) is 34.0. The Bertz CT molecular complexity index is 833. The maximum Gasteiger partial charge on any atom is 0.221 e. The number of ether oxygens (including phenoxy) is 1. The van der Waals surface area contributed by atoms with Gasteiger partial charge < -0.3 is 10.1 Å². The standard InChI is InChI=1S/C27H33NO2/c1-19-20-14-23-16-21(19)17-24(15-20)27(23,22-8-4-2-5-9-22)18-26(29)28-12-13-30-25-10-6-3-7-11-25/h2-11,19-21,23-24H,12-18H2,1H3,(H,28,29). The molecule has 4 fully saturated rings. The zero-order valence-corrected chi connectivity index (χ0v) is 17.9. The minimum atomic E-state index is 0.0127. The summed E-state index contributed by atoms with van der Waals surface area (Å²) in [6, 6.07) is 20.7. The van der Waals surface area contributed by atoms with Gasteiger partial charge in [0.15, 0.2) is 0 Å². The van der Waals surface area contributed by atoms with Crippen LogP contribution in [0.3, 0.4) is 0 Å². The van der Waals surface area contributed by atoms with Crippen molar-refractivity contribution in [3.63, 3.8) is 0 Å². The Morgan fingerprint density at radius 1 is 0.933 bits per heavy atom. The molecule has 30 heavy (non-hydrogen) atoms. The van der Waals surface area contributed by atoms with E-state index in [1.165, 1.54) is 31.2 Å². The highest BCUT2D eigenvalue weighted by atomic mass is 16.5. The molecule has 6 rings (SSSR count). The lowest BCUT2D eigenvalue weighted by atomic mass is 9.41. The number of carbonyl (C=O) groups is 1. The predicted octanol–water partition coefficient (Wildman–Crippen LogP) is 5.21. The lowest BCUT2D eigenvalue weighted by Crippen LogP contribution is -2.59. The number of hydrogen-bond acceptors (Lipinski definition) is 2. The van der Waals surface area contributed by atoms with Crippen molar-refractivity contribution < 1.29 is 9.53 Å². The van der Waals surface area contributed by atoms with E-state index < -0.39 is 0 Å². The van der Waals surface area contributed by atoms with Crippen LogP contribution in [0, 0.1) is 29.6 Å². The first-order chi connectivity index (χ1) is 14.7. The van der Waals surface area contributed by atoms with Crippen LogP contribution in [0.5, 0.6) is 5.75 Å². The zero-order chi connectivity index (χ0) is 20.6. The Kier molecular flexibility index (Phi) is 5.30. The van der Waals surface area contributed by atoms with Crippen LogP contribution in [0.15, 0.2) is 60.7 Å². The quantitative estimate of drug-likeness (QED) is 0.644. The second-order valence-corrected chi connectivity index (χ2v) is 9.81. The predicted molar refractivity (Wildman–Crippen MR) is 119 cm³/mol. The molecule has 1 amide bonds. The summed E-state index contributed by atoms with van der Waals surface area (Å²) in [7, 11) is 0. The second kappa shape index (κ2) is 8.09. The fraction of sp³-hybridized carbons (Fsp3) is 0.519. The molecule has 3 nitrogen and oxygen atoms in total. The largest absolute Gasteiger partial charge is 0.492 e. The van der Waals surface area contributed by atoms with Crippen LogP contribution < -0.4 is 10.1 Å². The zero-order valence-electron chi connectivity index (χ0n) is 17.9. The summed E-state index contributed by atoms with van der Waals surface area (Å²) in [5, 5.41) is 3.15. The van der Waals surface area contributed by atoms with E-state index in [1.54, 1.807) is 0 Å². The highest BCUT2D eigenvalue weighted by Gasteiger charge is 2.60. The lowest BCUT2D eigenvalue weighted by Gasteiger charge is -2.63.